The van der Waals surface area contributed by atoms with Crippen molar-refractivity contribution in [2.45, 2.75) is 26.8 Å². The number of hydrogen-bond donors (Lipinski definition) is 0. The van der Waals surface area contributed by atoms with Crippen molar-refractivity contribution < 1.29 is 9.53 Å². The first kappa shape index (κ1) is 14.9. The number of nitrogens with zero attached hydrogens (tertiary/aromatic N) is 1. The molecule has 0 unspecified atom stereocenters. The van der Waals surface area contributed by atoms with E-state index >= 15 is 0 Å². The number of benzene rings is 1. The Labute approximate surface area is 110 Å². The number of carbonyl (C=O) groups is 1. The van der Waals surface area contributed by atoms with Gasteiger partial charge >= 0.3 is 0 Å². The number of carbonyl (C=O) groups excluding carboxylic acids is 1. The molecule has 0 radical (unpaired) electrons. The average Bonchev–Trinajstić information content (AvgIpc) is 2.34. The number of Topliss-reactive ketones (excluding diaryl/α,β-unsaturated/α-hetero) is 1. The zero-order chi connectivity index (χ0) is 13.5. The highest BCUT2D eigenvalue weighted by Crippen LogP contribution is 2.07. The summed E-state index contributed by atoms with van der Waals surface area (Å²) in [5.41, 5.74) is 1.95. The highest BCUT2D eigenvalue weighted by molar-refractivity contribution is 5.97. The van der Waals surface area contributed by atoms with Crippen molar-refractivity contribution in [1.29, 1.82) is 0 Å². The van der Waals surface area contributed by atoms with Gasteiger partial charge in [-0.15, -0.1) is 0 Å². The van der Waals surface area contributed by atoms with Gasteiger partial charge in [0.1, 0.15) is 0 Å². The quantitative estimate of drug-likeness (QED) is 0.695. The number of rotatable bonds is 7. The molecule has 0 spiro atoms. The fourth-order valence-corrected chi connectivity index (χ4v) is 1.74. The number of methoxy groups -OCH3 is 1. The van der Waals surface area contributed by atoms with Crippen molar-refractivity contribution in [2.24, 2.45) is 0 Å². The van der Waals surface area contributed by atoms with Crippen LogP contribution >= 0.6 is 0 Å². The van der Waals surface area contributed by atoms with Crippen molar-refractivity contribution in [2.75, 3.05) is 26.8 Å². The van der Waals surface area contributed by atoms with Gasteiger partial charge in [0, 0.05) is 25.3 Å². The van der Waals surface area contributed by atoms with Gasteiger partial charge in [-0.05, 0) is 20.8 Å². The predicted octanol–water partition coefficient (Wildman–Crippen LogP) is 2.53. The fraction of sp³-hybridized carbons (Fsp3) is 0.533. The third kappa shape index (κ3) is 4.59. The third-order valence-corrected chi connectivity index (χ3v) is 3.03. The molecular weight excluding hydrogens is 226 g/mol. The summed E-state index contributed by atoms with van der Waals surface area (Å²) in [6.45, 7) is 8.10. The maximum Gasteiger partial charge on any atom is 0.176 e. The first-order valence-electron chi connectivity index (χ1n) is 6.37. The van der Waals surface area contributed by atoms with Gasteiger partial charge in [-0.3, -0.25) is 9.69 Å². The van der Waals surface area contributed by atoms with Gasteiger partial charge in [0.25, 0.3) is 0 Å². The summed E-state index contributed by atoms with van der Waals surface area (Å²) < 4.78 is 5.07. The third-order valence-electron chi connectivity index (χ3n) is 3.03. The Hall–Kier alpha value is -1.19. The van der Waals surface area contributed by atoms with Crippen molar-refractivity contribution in [3.05, 3.63) is 35.4 Å². The number of ether oxygens (including phenoxy) is 1. The second-order valence-corrected chi connectivity index (χ2v) is 4.85. The fourth-order valence-electron chi connectivity index (χ4n) is 1.74. The first-order chi connectivity index (χ1) is 8.54. The van der Waals surface area contributed by atoms with Crippen LogP contribution in [0.15, 0.2) is 24.3 Å². The van der Waals surface area contributed by atoms with E-state index in [9.17, 15) is 4.79 Å². The molecule has 18 heavy (non-hydrogen) atoms. The van der Waals surface area contributed by atoms with E-state index in [1.165, 1.54) is 5.56 Å². The Morgan fingerprint density at radius 3 is 2.39 bits per heavy atom. The van der Waals surface area contributed by atoms with E-state index in [1.807, 2.05) is 31.2 Å². The molecule has 0 saturated carbocycles. The maximum absolute atomic E-state index is 12.2. The topological polar surface area (TPSA) is 29.5 Å². The molecule has 3 heteroatoms. The smallest absolute Gasteiger partial charge is 0.176 e. The summed E-state index contributed by atoms with van der Waals surface area (Å²) in [6, 6.07) is 8.08. The van der Waals surface area contributed by atoms with E-state index in [-0.39, 0.29) is 5.78 Å². The molecule has 1 aromatic carbocycles. The molecule has 0 bridgehead atoms. The van der Waals surface area contributed by atoms with Crippen LogP contribution in [0.1, 0.15) is 29.8 Å². The Kier molecular flexibility index (Phi) is 6.02. The zero-order valence-corrected chi connectivity index (χ0v) is 11.8. The van der Waals surface area contributed by atoms with Crippen molar-refractivity contribution in [3.63, 3.8) is 0 Å². The highest BCUT2D eigenvalue weighted by Gasteiger charge is 2.14. The van der Waals surface area contributed by atoms with Crippen molar-refractivity contribution in [1.82, 2.24) is 4.90 Å². The van der Waals surface area contributed by atoms with E-state index in [1.54, 1.807) is 7.11 Å². The van der Waals surface area contributed by atoms with E-state index in [0.29, 0.717) is 19.2 Å². The lowest BCUT2D eigenvalue weighted by atomic mass is 10.1. The lowest BCUT2D eigenvalue weighted by molar-refractivity contribution is 0.0852. The highest BCUT2D eigenvalue weighted by atomic mass is 16.5. The normalized spacial score (nSPS) is 11.2. The second kappa shape index (κ2) is 7.29. The minimum atomic E-state index is 0.166. The van der Waals surface area contributed by atoms with E-state index < -0.39 is 0 Å². The van der Waals surface area contributed by atoms with Crippen LogP contribution in [-0.2, 0) is 4.74 Å². The lowest BCUT2D eigenvalue weighted by Crippen LogP contribution is -2.38. The van der Waals surface area contributed by atoms with Crippen LogP contribution in [0.2, 0.25) is 0 Å². The monoisotopic (exact) mass is 249 g/mol. The summed E-state index contributed by atoms with van der Waals surface area (Å²) in [6.07, 6.45) is 0. The molecule has 100 valence electrons. The summed E-state index contributed by atoms with van der Waals surface area (Å²) in [5.74, 6) is 0.166. The van der Waals surface area contributed by atoms with Crippen LogP contribution < -0.4 is 0 Å². The minimum Gasteiger partial charge on any atom is -0.383 e. The van der Waals surface area contributed by atoms with Crippen LogP contribution in [0.25, 0.3) is 0 Å². The Morgan fingerprint density at radius 2 is 1.89 bits per heavy atom. The molecule has 0 fully saturated rings. The SMILES string of the molecule is COCCN(CC(=O)c1ccc(C)cc1)C(C)C. The molecule has 0 amide bonds. The van der Waals surface area contributed by atoms with Crippen LogP contribution in [0.5, 0.6) is 0 Å². The van der Waals surface area contributed by atoms with Gasteiger partial charge in [-0.25, -0.2) is 0 Å². The first-order valence-corrected chi connectivity index (χ1v) is 6.37. The van der Waals surface area contributed by atoms with Gasteiger partial charge in [0.05, 0.1) is 13.2 Å². The van der Waals surface area contributed by atoms with Gasteiger partial charge in [-0.1, -0.05) is 29.8 Å². The molecule has 3 nitrogen and oxygen atoms in total. The molecule has 0 heterocycles. The molecule has 1 rings (SSSR count). The standard InChI is InChI=1S/C15H23NO2/c1-12(2)16(9-10-18-4)11-15(17)14-7-5-13(3)6-8-14/h5-8,12H,9-11H2,1-4H3. The number of ketones is 1. The summed E-state index contributed by atoms with van der Waals surface area (Å²) in [5, 5.41) is 0. The van der Waals surface area contributed by atoms with E-state index in [4.69, 9.17) is 4.74 Å². The van der Waals surface area contributed by atoms with Crippen molar-refractivity contribution >= 4 is 5.78 Å². The van der Waals surface area contributed by atoms with Gasteiger partial charge in [-0.2, -0.15) is 0 Å². The van der Waals surface area contributed by atoms with Gasteiger partial charge in [0.2, 0.25) is 0 Å². The molecule has 0 N–H and O–H groups in total. The molecule has 0 aliphatic carbocycles. The summed E-state index contributed by atoms with van der Waals surface area (Å²) >= 11 is 0. The maximum atomic E-state index is 12.2. The summed E-state index contributed by atoms with van der Waals surface area (Å²) in [4.78, 5) is 14.3. The Morgan fingerprint density at radius 1 is 1.28 bits per heavy atom. The Bertz CT molecular complexity index is 371. The average molecular weight is 249 g/mol. The molecule has 0 aliphatic heterocycles. The minimum absolute atomic E-state index is 0.166. The van der Waals surface area contributed by atoms with Crippen LogP contribution in [0.4, 0.5) is 0 Å². The van der Waals surface area contributed by atoms with Gasteiger partial charge < -0.3 is 4.74 Å². The molecule has 1 aromatic rings. The molecule has 0 aromatic heterocycles. The van der Waals surface area contributed by atoms with Crippen molar-refractivity contribution in [3.8, 4) is 0 Å². The zero-order valence-electron chi connectivity index (χ0n) is 11.8. The molecule has 0 saturated heterocycles. The van der Waals surface area contributed by atoms with Crippen LogP contribution in [0, 0.1) is 6.92 Å². The lowest BCUT2D eigenvalue weighted by Gasteiger charge is -2.25. The van der Waals surface area contributed by atoms with Gasteiger partial charge in [0.15, 0.2) is 5.78 Å². The Balaban J connectivity index is 2.63. The number of hydrogen-bond acceptors (Lipinski definition) is 3. The van der Waals surface area contributed by atoms with Crippen LogP contribution in [0.3, 0.4) is 0 Å². The predicted molar refractivity (Wildman–Crippen MR) is 74.1 cm³/mol. The summed E-state index contributed by atoms with van der Waals surface area (Å²) in [7, 11) is 1.68. The molecule has 0 aliphatic rings. The van der Waals surface area contributed by atoms with E-state index in [2.05, 4.69) is 18.7 Å². The molecular formula is C15H23NO2. The second-order valence-electron chi connectivity index (χ2n) is 4.85. The molecule has 0 atom stereocenters. The van der Waals surface area contributed by atoms with Crippen LogP contribution in [-0.4, -0.2) is 43.5 Å². The largest absolute Gasteiger partial charge is 0.383 e. The van der Waals surface area contributed by atoms with E-state index in [0.717, 1.165) is 12.1 Å². The number of aryl methyl sites for hydroxylation is 1.